The van der Waals surface area contributed by atoms with E-state index in [4.69, 9.17) is 21.3 Å². The lowest BCUT2D eigenvalue weighted by Crippen LogP contribution is -2.45. The molecule has 2 aliphatic carbocycles. The monoisotopic (exact) mass is 413 g/mol. The maximum Gasteiger partial charge on any atom is 0.161 e. The summed E-state index contributed by atoms with van der Waals surface area (Å²) >= 11 is 6.42. The first-order chi connectivity index (χ1) is 13.5. The van der Waals surface area contributed by atoms with E-state index in [1.165, 1.54) is 0 Å². The van der Waals surface area contributed by atoms with Crippen LogP contribution < -0.4 is 4.74 Å². The molecule has 154 valence electrons. The van der Waals surface area contributed by atoms with Crippen LogP contribution >= 0.6 is 11.6 Å². The van der Waals surface area contributed by atoms with E-state index in [9.17, 15) is 9.59 Å². The number of benzene rings is 1. The highest BCUT2D eigenvalue weighted by Gasteiger charge is 2.49. The molecule has 1 aliphatic heterocycles. The van der Waals surface area contributed by atoms with Crippen LogP contribution in [0.15, 0.2) is 34.5 Å². The molecule has 1 saturated carbocycles. The van der Waals surface area contributed by atoms with Crippen molar-refractivity contribution in [3.8, 4) is 5.75 Å². The summed E-state index contributed by atoms with van der Waals surface area (Å²) in [6.45, 7) is 8.44. The lowest BCUT2D eigenvalue weighted by molar-refractivity contribution is -0.124. The third-order valence-corrected chi connectivity index (χ3v) is 6.67. The van der Waals surface area contributed by atoms with E-state index in [1.54, 1.807) is 7.11 Å². The SMILES string of the molecule is COc1ccc([C@@H]2C3=C(CC(C)(C)CC3=O)N=C3CC(C)(C)CC(=O)C32)cc1Cl. The summed E-state index contributed by atoms with van der Waals surface area (Å²) in [5.41, 5.74) is 3.16. The molecule has 4 nitrogen and oxygen atoms in total. The smallest absolute Gasteiger partial charge is 0.161 e. The zero-order valence-corrected chi connectivity index (χ0v) is 18.5. The number of carbonyl (C=O) groups excluding carboxylic acids is 2. The molecule has 0 N–H and O–H groups in total. The Morgan fingerprint density at radius 1 is 1.00 bits per heavy atom. The summed E-state index contributed by atoms with van der Waals surface area (Å²) in [5, 5.41) is 0.489. The summed E-state index contributed by atoms with van der Waals surface area (Å²) in [4.78, 5) is 31.5. The molecule has 0 radical (unpaired) electrons. The molecule has 0 spiro atoms. The van der Waals surface area contributed by atoms with Crippen LogP contribution in [0.1, 0.15) is 64.9 Å². The molecule has 0 saturated heterocycles. The first-order valence-electron chi connectivity index (χ1n) is 10.2. The van der Waals surface area contributed by atoms with Gasteiger partial charge in [-0.25, -0.2) is 0 Å². The lowest BCUT2D eigenvalue weighted by atomic mass is 9.60. The molecule has 1 fully saturated rings. The fraction of sp³-hybridized carbons (Fsp3) is 0.542. The van der Waals surface area contributed by atoms with E-state index >= 15 is 0 Å². The van der Waals surface area contributed by atoms with E-state index < -0.39 is 0 Å². The predicted molar refractivity (Wildman–Crippen MR) is 115 cm³/mol. The molecule has 0 aromatic heterocycles. The number of nitrogens with zero attached hydrogens (tertiary/aromatic N) is 1. The normalized spacial score (nSPS) is 27.9. The zero-order valence-electron chi connectivity index (χ0n) is 17.8. The summed E-state index contributed by atoms with van der Waals surface area (Å²) in [6.07, 6.45) is 2.50. The van der Waals surface area contributed by atoms with Crippen LogP contribution in [0.3, 0.4) is 0 Å². The third kappa shape index (κ3) is 3.56. The highest BCUT2D eigenvalue weighted by atomic mass is 35.5. The summed E-state index contributed by atoms with van der Waals surface area (Å²) < 4.78 is 5.30. The van der Waals surface area contributed by atoms with Gasteiger partial charge in [-0.15, -0.1) is 0 Å². The van der Waals surface area contributed by atoms with Gasteiger partial charge in [-0.1, -0.05) is 45.4 Å². The maximum atomic E-state index is 13.3. The minimum Gasteiger partial charge on any atom is -0.495 e. The molecular weight excluding hydrogens is 386 g/mol. The zero-order chi connectivity index (χ0) is 21.1. The Bertz CT molecular complexity index is 970. The number of ketones is 2. The molecule has 5 heteroatoms. The number of hydrogen-bond acceptors (Lipinski definition) is 4. The van der Waals surface area contributed by atoms with Crippen LogP contribution in [0.2, 0.25) is 5.02 Å². The average molecular weight is 414 g/mol. The van der Waals surface area contributed by atoms with Gasteiger partial charge in [-0.05, 0) is 41.4 Å². The molecule has 1 aromatic carbocycles. The third-order valence-electron chi connectivity index (χ3n) is 6.37. The predicted octanol–water partition coefficient (Wildman–Crippen LogP) is 5.54. The van der Waals surface area contributed by atoms with Gasteiger partial charge in [0.15, 0.2) is 5.78 Å². The molecule has 3 aliphatic rings. The van der Waals surface area contributed by atoms with Crippen molar-refractivity contribution in [1.29, 1.82) is 0 Å². The number of ether oxygens (including phenoxy) is 1. The Morgan fingerprint density at radius 2 is 1.69 bits per heavy atom. The van der Waals surface area contributed by atoms with Gasteiger partial charge in [0, 0.05) is 35.7 Å². The molecular formula is C24H28ClNO3. The number of rotatable bonds is 2. The Kier molecular flexibility index (Phi) is 4.77. The van der Waals surface area contributed by atoms with Crippen LogP contribution in [0.25, 0.3) is 0 Å². The molecule has 4 rings (SSSR count). The van der Waals surface area contributed by atoms with Gasteiger partial charge in [0.05, 0.1) is 18.1 Å². The minimum atomic E-state index is -0.378. The molecule has 1 heterocycles. The van der Waals surface area contributed by atoms with E-state index in [0.717, 1.165) is 29.8 Å². The summed E-state index contributed by atoms with van der Waals surface area (Å²) in [5.74, 6) is 0.167. The van der Waals surface area contributed by atoms with Gasteiger partial charge < -0.3 is 4.74 Å². The quantitative estimate of drug-likeness (QED) is 0.639. The van der Waals surface area contributed by atoms with E-state index in [1.807, 2.05) is 18.2 Å². The largest absolute Gasteiger partial charge is 0.495 e. The number of Topliss-reactive ketones (excluding diaryl/α,β-unsaturated/α-hetero) is 2. The van der Waals surface area contributed by atoms with E-state index in [-0.39, 0.29) is 34.2 Å². The molecule has 1 unspecified atom stereocenters. The van der Waals surface area contributed by atoms with Gasteiger partial charge in [0.1, 0.15) is 11.5 Å². The van der Waals surface area contributed by atoms with Crippen LogP contribution in [-0.2, 0) is 9.59 Å². The highest BCUT2D eigenvalue weighted by molar-refractivity contribution is 6.32. The number of halogens is 1. The number of carbonyl (C=O) groups is 2. The van der Waals surface area contributed by atoms with Crippen LogP contribution in [0, 0.1) is 16.7 Å². The fourth-order valence-corrected chi connectivity index (χ4v) is 5.51. The van der Waals surface area contributed by atoms with Gasteiger partial charge in [-0.2, -0.15) is 0 Å². The first-order valence-corrected chi connectivity index (χ1v) is 10.6. The van der Waals surface area contributed by atoms with Crippen molar-refractivity contribution < 1.29 is 14.3 Å². The number of aliphatic imine (C=N–C) groups is 1. The molecule has 0 bridgehead atoms. The van der Waals surface area contributed by atoms with Crippen molar-refractivity contribution in [1.82, 2.24) is 0 Å². The number of allylic oxidation sites excluding steroid dienone is 2. The first kappa shape index (κ1) is 20.3. The Morgan fingerprint density at radius 3 is 2.34 bits per heavy atom. The average Bonchev–Trinajstić information content (AvgIpc) is 2.57. The summed E-state index contributed by atoms with van der Waals surface area (Å²) in [7, 11) is 1.58. The van der Waals surface area contributed by atoms with Crippen molar-refractivity contribution in [2.75, 3.05) is 7.11 Å². The Hall–Kier alpha value is -1.94. The van der Waals surface area contributed by atoms with E-state index in [0.29, 0.717) is 29.2 Å². The second-order valence-electron chi connectivity index (χ2n) is 10.2. The number of fused-ring (bicyclic) bond motifs is 1. The van der Waals surface area contributed by atoms with E-state index in [2.05, 4.69) is 27.7 Å². The number of methoxy groups -OCH3 is 1. The van der Waals surface area contributed by atoms with Crippen molar-refractivity contribution >= 4 is 28.9 Å². The van der Waals surface area contributed by atoms with Gasteiger partial charge in [0.2, 0.25) is 0 Å². The summed E-state index contributed by atoms with van der Waals surface area (Å²) in [6, 6.07) is 5.60. The van der Waals surface area contributed by atoms with Crippen molar-refractivity contribution in [3.05, 3.63) is 40.1 Å². The standard InChI is InChI=1S/C24H28ClNO3/c1-23(2)9-15-21(17(27)11-23)20(13-6-7-19(29-5)14(25)8-13)22-16(26-15)10-24(3,4)12-18(22)28/h6-8,20-21H,9-12H2,1-5H3/t20-,21?/m0/s1. The second-order valence-corrected chi connectivity index (χ2v) is 10.6. The molecule has 2 atom stereocenters. The van der Waals surface area contributed by atoms with Crippen LogP contribution in [0.5, 0.6) is 5.75 Å². The Labute approximate surface area is 177 Å². The van der Waals surface area contributed by atoms with Gasteiger partial charge >= 0.3 is 0 Å². The maximum absolute atomic E-state index is 13.3. The molecule has 0 amide bonds. The fourth-order valence-electron chi connectivity index (χ4n) is 5.25. The van der Waals surface area contributed by atoms with Gasteiger partial charge in [0.25, 0.3) is 0 Å². The second kappa shape index (κ2) is 6.80. The van der Waals surface area contributed by atoms with Crippen LogP contribution in [0.4, 0.5) is 0 Å². The number of hydrogen-bond donors (Lipinski definition) is 0. The lowest BCUT2D eigenvalue weighted by Gasteiger charge is -2.44. The van der Waals surface area contributed by atoms with Crippen molar-refractivity contribution in [3.63, 3.8) is 0 Å². The van der Waals surface area contributed by atoms with Crippen LogP contribution in [-0.4, -0.2) is 24.4 Å². The van der Waals surface area contributed by atoms with Crippen molar-refractivity contribution in [2.24, 2.45) is 21.7 Å². The molecule has 29 heavy (non-hydrogen) atoms. The molecule has 1 aromatic rings. The Balaban J connectivity index is 1.90. The van der Waals surface area contributed by atoms with Gasteiger partial charge in [-0.3, -0.25) is 14.6 Å². The topological polar surface area (TPSA) is 55.7 Å². The van der Waals surface area contributed by atoms with Crippen molar-refractivity contribution in [2.45, 2.75) is 59.3 Å². The minimum absolute atomic E-state index is 0.105. The highest BCUT2D eigenvalue weighted by Crippen LogP contribution is 2.52.